The number of carboxylic acid groups (broad SMARTS) is 1. The highest BCUT2D eigenvalue weighted by Crippen LogP contribution is 2.36. The number of nitrogens with one attached hydrogen (secondary N) is 1. The summed E-state index contributed by atoms with van der Waals surface area (Å²) in [5, 5.41) is 12.1. The number of carboxylic acids is 1. The molecule has 1 aromatic rings. The molecule has 19 heavy (non-hydrogen) atoms. The molecule has 1 fully saturated rings. The molecule has 0 spiro atoms. The quantitative estimate of drug-likeness (QED) is 0.859. The summed E-state index contributed by atoms with van der Waals surface area (Å²) < 4.78 is 13.8. The van der Waals surface area contributed by atoms with Crippen LogP contribution in [0.15, 0.2) is 18.2 Å². The van der Waals surface area contributed by atoms with Crippen LogP contribution in [0.5, 0.6) is 0 Å². The zero-order valence-electron chi connectivity index (χ0n) is 11.2. The van der Waals surface area contributed by atoms with Gasteiger partial charge in [-0.05, 0) is 45.5 Å². The number of anilines is 1. The van der Waals surface area contributed by atoms with Crippen LogP contribution in [-0.2, 0) is 0 Å². The minimum atomic E-state index is -1.12. The van der Waals surface area contributed by atoms with Gasteiger partial charge < -0.3 is 15.3 Å². The maximum absolute atomic E-state index is 13.8. The van der Waals surface area contributed by atoms with Crippen LogP contribution in [0.2, 0.25) is 0 Å². The van der Waals surface area contributed by atoms with Crippen LogP contribution >= 0.6 is 0 Å². The molecule has 1 saturated carbocycles. The summed E-state index contributed by atoms with van der Waals surface area (Å²) in [5.41, 5.74) is 0.0780. The van der Waals surface area contributed by atoms with E-state index in [1.54, 1.807) is 0 Å². The van der Waals surface area contributed by atoms with Crippen molar-refractivity contribution < 1.29 is 14.3 Å². The molecule has 4 nitrogen and oxygen atoms in total. The van der Waals surface area contributed by atoms with E-state index in [-0.39, 0.29) is 16.8 Å². The molecule has 0 heterocycles. The van der Waals surface area contributed by atoms with Gasteiger partial charge in [0.25, 0.3) is 0 Å². The Morgan fingerprint density at radius 2 is 2.16 bits per heavy atom. The van der Waals surface area contributed by atoms with Crippen LogP contribution in [0.3, 0.4) is 0 Å². The van der Waals surface area contributed by atoms with Gasteiger partial charge in [-0.1, -0.05) is 6.07 Å². The Morgan fingerprint density at radius 3 is 2.63 bits per heavy atom. The van der Waals surface area contributed by atoms with E-state index in [0.717, 1.165) is 19.3 Å². The molecule has 1 aliphatic carbocycles. The summed E-state index contributed by atoms with van der Waals surface area (Å²) in [7, 11) is 4.00. The summed E-state index contributed by atoms with van der Waals surface area (Å²) in [6.07, 6.45) is 3.25. The van der Waals surface area contributed by atoms with Crippen molar-refractivity contribution in [1.82, 2.24) is 4.90 Å². The smallest absolute Gasteiger partial charge is 0.337 e. The molecule has 0 saturated heterocycles. The van der Waals surface area contributed by atoms with Crippen molar-refractivity contribution in [3.8, 4) is 0 Å². The van der Waals surface area contributed by atoms with Crippen LogP contribution in [0.1, 0.15) is 29.6 Å². The zero-order valence-corrected chi connectivity index (χ0v) is 11.2. The topological polar surface area (TPSA) is 52.6 Å². The van der Waals surface area contributed by atoms with Gasteiger partial charge in [-0.15, -0.1) is 0 Å². The third-order valence-electron chi connectivity index (χ3n) is 4.07. The van der Waals surface area contributed by atoms with E-state index in [9.17, 15) is 9.18 Å². The second-order valence-electron chi connectivity index (χ2n) is 5.29. The molecule has 0 unspecified atom stereocenters. The number of hydrogen-bond donors (Lipinski definition) is 2. The average molecular weight is 266 g/mol. The van der Waals surface area contributed by atoms with Gasteiger partial charge in [-0.3, -0.25) is 0 Å². The standard InChI is InChI=1S/C14H19FN2O2/c1-17(2)14(7-4-8-14)9-16-12-10(13(18)19)5-3-6-11(12)15/h3,5-6,16H,4,7-9H2,1-2H3,(H,18,19). The van der Waals surface area contributed by atoms with Crippen molar-refractivity contribution in [1.29, 1.82) is 0 Å². The number of halogens is 1. The minimum Gasteiger partial charge on any atom is -0.478 e. The van der Waals surface area contributed by atoms with Gasteiger partial charge in [0.15, 0.2) is 0 Å². The molecule has 2 N–H and O–H groups in total. The van der Waals surface area contributed by atoms with Crippen LogP contribution in [-0.4, -0.2) is 42.2 Å². The van der Waals surface area contributed by atoms with Gasteiger partial charge in [-0.2, -0.15) is 0 Å². The first-order valence-corrected chi connectivity index (χ1v) is 6.39. The molecule has 0 aromatic heterocycles. The van der Waals surface area contributed by atoms with Crippen LogP contribution in [0.25, 0.3) is 0 Å². The zero-order chi connectivity index (χ0) is 14.0. The van der Waals surface area contributed by atoms with E-state index in [4.69, 9.17) is 5.11 Å². The fourth-order valence-corrected chi connectivity index (χ4v) is 2.50. The Bertz CT molecular complexity index is 484. The molecule has 0 amide bonds. The maximum Gasteiger partial charge on any atom is 0.337 e. The Hall–Kier alpha value is -1.62. The lowest BCUT2D eigenvalue weighted by atomic mass is 9.75. The second-order valence-corrected chi connectivity index (χ2v) is 5.29. The second kappa shape index (κ2) is 5.17. The lowest BCUT2D eigenvalue weighted by Crippen LogP contribution is -2.54. The highest BCUT2D eigenvalue weighted by atomic mass is 19.1. The molecule has 104 valence electrons. The number of benzene rings is 1. The van der Waals surface area contributed by atoms with Crippen molar-refractivity contribution in [2.24, 2.45) is 0 Å². The lowest BCUT2D eigenvalue weighted by molar-refractivity contribution is 0.0692. The first kappa shape index (κ1) is 13.8. The fourth-order valence-electron chi connectivity index (χ4n) is 2.50. The van der Waals surface area contributed by atoms with Crippen molar-refractivity contribution in [2.75, 3.05) is 26.0 Å². The Balaban J connectivity index is 2.17. The molecule has 0 aliphatic heterocycles. The van der Waals surface area contributed by atoms with E-state index in [1.807, 2.05) is 14.1 Å². The molecule has 1 aliphatic rings. The van der Waals surface area contributed by atoms with Crippen molar-refractivity contribution in [2.45, 2.75) is 24.8 Å². The highest BCUT2D eigenvalue weighted by molar-refractivity contribution is 5.94. The monoisotopic (exact) mass is 266 g/mol. The number of rotatable bonds is 5. The molecule has 5 heteroatoms. The Kier molecular flexibility index (Phi) is 3.75. The van der Waals surface area contributed by atoms with Crippen molar-refractivity contribution in [3.63, 3.8) is 0 Å². The Labute approximate surface area is 112 Å². The number of aromatic carboxylic acids is 1. The molecular weight excluding hydrogens is 247 g/mol. The van der Waals surface area contributed by atoms with Crippen LogP contribution in [0, 0.1) is 5.82 Å². The average Bonchev–Trinajstić information content (AvgIpc) is 2.28. The summed E-state index contributed by atoms with van der Waals surface area (Å²) >= 11 is 0. The molecule has 1 aromatic carbocycles. The number of hydrogen-bond acceptors (Lipinski definition) is 3. The van der Waals surface area contributed by atoms with E-state index in [2.05, 4.69) is 10.2 Å². The van der Waals surface area contributed by atoms with E-state index in [1.165, 1.54) is 18.2 Å². The van der Waals surface area contributed by atoms with Gasteiger partial charge in [-0.25, -0.2) is 9.18 Å². The normalized spacial score (nSPS) is 17.1. The van der Waals surface area contributed by atoms with Crippen LogP contribution in [0.4, 0.5) is 10.1 Å². The number of nitrogens with zero attached hydrogens (tertiary/aromatic N) is 1. The third-order valence-corrected chi connectivity index (χ3v) is 4.07. The van der Waals surface area contributed by atoms with E-state index < -0.39 is 11.8 Å². The SMILES string of the molecule is CN(C)C1(CNc2c(F)cccc2C(=O)O)CCC1. The number of carbonyl (C=O) groups is 1. The first-order chi connectivity index (χ1) is 8.96. The van der Waals surface area contributed by atoms with Crippen molar-refractivity contribution in [3.05, 3.63) is 29.6 Å². The summed E-state index contributed by atoms with van der Waals surface area (Å²) in [5.74, 6) is -1.64. The number of likely N-dealkylation sites (N-methyl/N-ethyl adjacent to an activating group) is 1. The summed E-state index contributed by atoms with van der Waals surface area (Å²) in [6.45, 7) is 0.557. The molecule has 0 bridgehead atoms. The molecule has 0 radical (unpaired) electrons. The van der Waals surface area contributed by atoms with Gasteiger partial charge in [0, 0.05) is 12.1 Å². The fraction of sp³-hybridized carbons (Fsp3) is 0.500. The first-order valence-electron chi connectivity index (χ1n) is 6.39. The summed E-state index contributed by atoms with van der Waals surface area (Å²) in [6, 6.07) is 4.10. The molecule has 2 rings (SSSR count). The summed E-state index contributed by atoms with van der Waals surface area (Å²) in [4.78, 5) is 13.2. The largest absolute Gasteiger partial charge is 0.478 e. The van der Waals surface area contributed by atoms with Gasteiger partial charge in [0.1, 0.15) is 5.82 Å². The third kappa shape index (κ3) is 2.56. The minimum absolute atomic E-state index is 0.0120. The predicted octanol–water partition coefficient (Wildman–Crippen LogP) is 2.42. The molecule has 0 atom stereocenters. The van der Waals surface area contributed by atoms with Crippen molar-refractivity contribution >= 4 is 11.7 Å². The maximum atomic E-state index is 13.8. The van der Waals surface area contributed by atoms with Gasteiger partial charge in [0.2, 0.25) is 0 Å². The predicted molar refractivity (Wildman–Crippen MR) is 72.1 cm³/mol. The highest BCUT2D eigenvalue weighted by Gasteiger charge is 2.39. The van der Waals surface area contributed by atoms with Crippen LogP contribution < -0.4 is 5.32 Å². The number of para-hydroxylation sites is 1. The van der Waals surface area contributed by atoms with Gasteiger partial charge in [0.05, 0.1) is 11.3 Å². The van der Waals surface area contributed by atoms with E-state index >= 15 is 0 Å². The lowest BCUT2D eigenvalue weighted by Gasteiger charge is -2.47. The molecular formula is C14H19FN2O2. The van der Waals surface area contributed by atoms with Gasteiger partial charge >= 0.3 is 5.97 Å². The Morgan fingerprint density at radius 1 is 1.47 bits per heavy atom. The van der Waals surface area contributed by atoms with E-state index in [0.29, 0.717) is 6.54 Å².